The van der Waals surface area contributed by atoms with Gasteiger partial charge in [0.15, 0.2) is 5.16 Å². The van der Waals surface area contributed by atoms with Gasteiger partial charge in [0.25, 0.3) is 0 Å². The smallest absolute Gasteiger partial charge is 0.173 e. The van der Waals surface area contributed by atoms with Crippen molar-refractivity contribution >= 4 is 34.4 Å². The second kappa shape index (κ2) is 9.47. The number of rotatable bonds is 7. The number of fused-ring (bicyclic) bond motifs is 1. The summed E-state index contributed by atoms with van der Waals surface area (Å²) >= 11 is 7.83. The van der Waals surface area contributed by atoms with Crippen molar-refractivity contribution in [1.29, 1.82) is 0 Å². The summed E-state index contributed by atoms with van der Waals surface area (Å²) in [4.78, 5) is 12.9. The molecule has 0 radical (unpaired) electrons. The highest BCUT2D eigenvalue weighted by Gasteiger charge is 2.17. The Morgan fingerprint density at radius 1 is 1.06 bits per heavy atom. The van der Waals surface area contributed by atoms with Gasteiger partial charge in [-0.1, -0.05) is 54.8 Å². The Morgan fingerprint density at radius 3 is 2.68 bits per heavy atom. The largest absolute Gasteiger partial charge is 0.341 e. The number of nitrogens with one attached hydrogen (secondary N) is 2. The molecule has 160 valence electrons. The molecule has 5 rings (SSSR count). The minimum atomic E-state index is 0.606. The molecule has 7 heteroatoms. The van der Waals surface area contributed by atoms with Crippen LogP contribution in [0.25, 0.3) is 16.7 Å². The first-order valence-corrected chi connectivity index (χ1v) is 12.2. The maximum absolute atomic E-state index is 6.14. The van der Waals surface area contributed by atoms with Crippen molar-refractivity contribution < 1.29 is 0 Å². The van der Waals surface area contributed by atoms with Crippen LogP contribution >= 0.6 is 23.4 Å². The lowest BCUT2D eigenvalue weighted by molar-refractivity contribution is 0.370. The molecule has 1 fully saturated rings. The Morgan fingerprint density at radius 2 is 1.87 bits per heavy atom. The van der Waals surface area contributed by atoms with Crippen molar-refractivity contribution in [1.82, 2.24) is 24.8 Å². The molecule has 1 aliphatic carbocycles. The van der Waals surface area contributed by atoms with Crippen LogP contribution in [0.15, 0.2) is 59.9 Å². The van der Waals surface area contributed by atoms with Crippen LogP contribution in [0.3, 0.4) is 0 Å². The zero-order valence-electron chi connectivity index (χ0n) is 17.4. The lowest BCUT2D eigenvalue weighted by Gasteiger charge is -2.23. The monoisotopic (exact) mass is 451 g/mol. The average molecular weight is 452 g/mol. The van der Waals surface area contributed by atoms with E-state index in [9.17, 15) is 0 Å². The summed E-state index contributed by atoms with van der Waals surface area (Å²) in [5, 5.41) is 5.45. The van der Waals surface area contributed by atoms with Crippen molar-refractivity contribution in [3.05, 3.63) is 71.3 Å². The Bertz CT molecular complexity index is 1110. The number of thioether (sulfide) groups is 1. The Balaban J connectivity index is 1.37. The molecule has 0 amide bonds. The highest BCUT2D eigenvalue weighted by Crippen LogP contribution is 2.28. The molecule has 5 nitrogen and oxygen atoms in total. The molecule has 1 saturated carbocycles. The third kappa shape index (κ3) is 4.81. The zero-order valence-corrected chi connectivity index (χ0v) is 18.9. The van der Waals surface area contributed by atoms with E-state index in [0.717, 1.165) is 45.0 Å². The molecule has 0 bridgehead atoms. The third-order valence-electron chi connectivity index (χ3n) is 5.84. The van der Waals surface area contributed by atoms with Crippen molar-refractivity contribution in [2.45, 2.75) is 55.6 Å². The molecule has 31 heavy (non-hydrogen) atoms. The fourth-order valence-electron chi connectivity index (χ4n) is 4.22. The molecule has 0 atom stereocenters. The average Bonchev–Trinajstić information content (AvgIpc) is 3.41. The summed E-state index contributed by atoms with van der Waals surface area (Å²) in [6.07, 6.45) is 8.54. The van der Waals surface area contributed by atoms with E-state index in [4.69, 9.17) is 21.6 Å². The molecule has 0 unspecified atom stereocenters. The second-order valence-corrected chi connectivity index (χ2v) is 9.43. The van der Waals surface area contributed by atoms with E-state index in [1.165, 1.54) is 37.8 Å². The Kier molecular flexibility index (Phi) is 6.30. The quantitative estimate of drug-likeness (QED) is 0.332. The third-order valence-corrected chi connectivity index (χ3v) is 7.06. The number of para-hydroxylation sites is 2. The highest BCUT2D eigenvalue weighted by molar-refractivity contribution is 7.98. The number of benzene rings is 2. The highest BCUT2D eigenvalue weighted by atomic mass is 35.5. The van der Waals surface area contributed by atoms with Gasteiger partial charge in [0.05, 0.1) is 28.7 Å². The fourth-order valence-corrected chi connectivity index (χ4v) is 5.23. The van der Waals surface area contributed by atoms with Gasteiger partial charge in [-0.3, -0.25) is 4.57 Å². The number of aromatic nitrogens is 4. The summed E-state index contributed by atoms with van der Waals surface area (Å²) < 4.78 is 2.24. The molecule has 2 aromatic heterocycles. The van der Waals surface area contributed by atoms with Crippen LogP contribution in [0.4, 0.5) is 0 Å². The standard InChI is InChI=1S/C24H26ClN5S/c25-17-10-12-19(13-11-17)30-20(14-26-18-6-2-1-3-7-18)15-27-24(30)31-16-23-28-21-8-4-5-9-22(21)29-23/h4-5,8-13,15,18,26H,1-3,6-7,14,16H2,(H,28,29). The van der Waals surface area contributed by atoms with Crippen LogP contribution in [0.1, 0.15) is 43.6 Å². The molecule has 0 aliphatic heterocycles. The van der Waals surface area contributed by atoms with Crippen molar-refractivity contribution in [2.24, 2.45) is 0 Å². The van der Waals surface area contributed by atoms with Gasteiger partial charge in [-0.2, -0.15) is 0 Å². The number of nitrogens with zero attached hydrogens (tertiary/aromatic N) is 3. The van der Waals surface area contributed by atoms with Gasteiger partial charge in [-0.25, -0.2) is 9.97 Å². The molecular formula is C24H26ClN5S. The first kappa shape index (κ1) is 20.6. The van der Waals surface area contributed by atoms with Gasteiger partial charge in [0.1, 0.15) is 5.82 Å². The topological polar surface area (TPSA) is 58.5 Å². The zero-order chi connectivity index (χ0) is 21.0. The second-order valence-electron chi connectivity index (χ2n) is 8.05. The van der Waals surface area contributed by atoms with Gasteiger partial charge in [0, 0.05) is 23.3 Å². The number of aromatic amines is 1. The van der Waals surface area contributed by atoms with E-state index in [1.807, 2.05) is 36.5 Å². The summed E-state index contributed by atoms with van der Waals surface area (Å²) in [6.45, 7) is 0.811. The van der Waals surface area contributed by atoms with Gasteiger partial charge in [-0.05, 0) is 49.2 Å². The van der Waals surface area contributed by atoms with Gasteiger partial charge in [-0.15, -0.1) is 0 Å². The molecular weight excluding hydrogens is 426 g/mol. The molecule has 0 saturated heterocycles. The molecule has 2 N–H and O–H groups in total. The maximum atomic E-state index is 6.14. The van der Waals surface area contributed by atoms with E-state index in [0.29, 0.717) is 6.04 Å². The van der Waals surface area contributed by atoms with E-state index in [-0.39, 0.29) is 0 Å². The minimum absolute atomic E-state index is 0.606. The maximum Gasteiger partial charge on any atom is 0.173 e. The van der Waals surface area contributed by atoms with E-state index in [1.54, 1.807) is 11.8 Å². The number of hydrogen-bond acceptors (Lipinski definition) is 4. The van der Waals surface area contributed by atoms with Crippen LogP contribution in [-0.2, 0) is 12.3 Å². The van der Waals surface area contributed by atoms with Crippen LogP contribution in [0.2, 0.25) is 5.02 Å². The lowest BCUT2D eigenvalue weighted by Crippen LogP contribution is -2.31. The van der Waals surface area contributed by atoms with Crippen LogP contribution in [-0.4, -0.2) is 25.6 Å². The predicted octanol–water partition coefficient (Wildman–Crippen LogP) is 6.12. The number of halogens is 1. The number of hydrogen-bond donors (Lipinski definition) is 2. The molecule has 4 aromatic rings. The van der Waals surface area contributed by atoms with E-state index < -0.39 is 0 Å². The SMILES string of the molecule is Clc1ccc(-n2c(CNC3CCCCC3)cnc2SCc2nc3ccccc3[nH]2)cc1. The normalized spacial score (nSPS) is 15.0. The number of imidazole rings is 2. The fraction of sp³-hybridized carbons (Fsp3) is 0.333. The minimum Gasteiger partial charge on any atom is -0.341 e. The molecule has 1 aliphatic rings. The summed E-state index contributed by atoms with van der Waals surface area (Å²) in [5.74, 6) is 1.69. The molecule has 2 aromatic carbocycles. The summed E-state index contributed by atoms with van der Waals surface area (Å²) in [5.41, 5.74) is 4.31. The van der Waals surface area contributed by atoms with Crippen LogP contribution in [0.5, 0.6) is 0 Å². The molecule has 2 heterocycles. The van der Waals surface area contributed by atoms with Crippen molar-refractivity contribution in [3.8, 4) is 5.69 Å². The number of H-pyrrole nitrogens is 1. The summed E-state index contributed by atoms with van der Waals surface area (Å²) in [6, 6.07) is 16.7. The van der Waals surface area contributed by atoms with Crippen LogP contribution < -0.4 is 5.32 Å². The lowest BCUT2D eigenvalue weighted by atomic mass is 9.95. The van der Waals surface area contributed by atoms with Gasteiger partial charge in [0.2, 0.25) is 0 Å². The first-order valence-electron chi connectivity index (χ1n) is 10.9. The van der Waals surface area contributed by atoms with Crippen molar-refractivity contribution in [3.63, 3.8) is 0 Å². The van der Waals surface area contributed by atoms with Crippen LogP contribution in [0, 0.1) is 0 Å². The van der Waals surface area contributed by atoms with E-state index >= 15 is 0 Å². The van der Waals surface area contributed by atoms with Gasteiger partial charge < -0.3 is 10.3 Å². The predicted molar refractivity (Wildman–Crippen MR) is 128 cm³/mol. The summed E-state index contributed by atoms with van der Waals surface area (Å²) in [7, 11) is 0. The van der Waals surface area contributed by atoms with Gasteiger partial charge >= 0.3 is 0 Å². The first-order chi connectivity index (χ1) is 15.3. The Labute approximate surface area is 191 Å². The molecule has 0 spiro atoms. The van der Waals surface area contributed by atoms with E-state index in [2.05, 4.69) is 33.1 Å². The Hall–Kier alpha value is -2.28. The van der Waals surface area contributed by atoms with Crippen molar-refractivity contribution in [2.75, 3.05) is 0 Å².